The molecule has 1 aromatic carbocycles. The predicted molar refractivity (Wildman–Crippen MR) is 125 cm³/mol. The van der Waals surface area contributed by atoms with Crippen LogP contribution in [0.15, 0.2) is 47.7 Å². The van der Waals surface area contributed by atoms with Crippen LogP contribution in [0.25, 0.3) is 0 Å². The highest BCUT2D eigenvalue weighted by molar-refractivity contribution is 6.30. The first-order valence-electron chi connectivity index (χ1n) is 10.7. The number of guanidine groups is 1. The Morgan fingerprint density at radius 1 is 1.13 bits per heavy atom. The summed E-state index contributed by atoms with van der Waals surface area (Å²) in [5, 5.41) is 7.29. The number of rotatable bonds is 8. The SMILES string of the molecule is CCNC(=NCCC(=O)N1CCN(c2ncccn2)CC1)NCCc1cccc(Cl)c1. The van der Waals surface area contributed by atoms with Gasteiger partial charge in [0, 0.05) is 63.1 Å². The molecule has 31 heavy (non-hydrogen) atoms. The first kappa shape index (κ1) is 22.8. The average molecular weight is 444 g/mol. The number of halogens is 1. The highest BCUT2D eigenvalue weighted by atomic mass is 35.5. The van der Waals surface area contributed by atoms with Gasteiger partial charge < -0.3 is 20.4 Å². The smallest absolute Gasteiger partial charge is 0.225 e. The lowest BCUT2D eigenvalue weighted by Crippen LogP contribution is -2.49. The van der Waals surface area contributed by atoms with E-state index in [1.807, 2.05) is 30.0 Å². The number of benzene rings is 1. The molecule has 0 radical (unpaired) electrons. The van der Waals surface area contributed by atoms with Gasteiger partial charge in [0.25, 0.3) is 0 Å². The number of nitrogens with zero attached hydrogens (tertiary/aromatic N) is 5. The van der Waals surface area contributed by atoms with Crippen molar-refractivity contribution in [2.24, 2.45) is 4.99 Å². The fourth-order valence-electron chi connectivity index (χ4n) is 3.39. The van der Waals surface area contributed by atoms with E-state index < -0.39 is 0 Å². The Hall–Kier alpha value is -2.87. The van der Waals surface area contributed by atoms with E-state index in [4.69, 9.17) is 11.6 Å². The molecule has 0 saturated carbocycles. The molecule has 0 atom stereocenters. The summed E-state index contributed by atoms with van der Waals surface area (Å²) in [6.07, 6.45) is 4.72. The summed E-state index contributed by atoms with van der Waals surface area (Å²) in [7, 11) is 0. The number of piperazine rings is 1. The Morgan fingerprint density at radius 3 is 2.61 bits per heavy atom. The highest BCUT2D eigenvalue weighted by Crippen LogP contribution is 2.11. The largest absolute Gasteiger partial charge is 0.357 e. The quantitative estimate of drug-likeness (QED) is 0.479. The number of amides is 1. The lowest BCUT2D eigenvalue weighted by atomic mass is 10.1. The topological polar surface area (TPSA) is 85.8 Å². The molecule has 0 aliphatic carbocycles. The maximum Gasteiger partial charge on any atom is 0.225 e. The molecule has 8 nitrogen and oxygen atoms in total. The standard InChI is InChI=1S/C22H30ClN7O/c1-2-24-21(25-11-7-18-5-3-6-19(23)17-18)26-12-8-20(31)29-13-15-30(16-14-29)22-27-9-4-10-28-22/h3-6,9-10,17H,2,7-8,11-16H2,1H3,(H2,24,25,26). The molecule has 0 unspecified atom stereocenters. The lowest BCUT2D eigenvalue weighted by molar-refractivity contribution is -0.131. The Morgan fingerprint density at radius 2 is 1.90 bits per heavy atom. The third-order valence-electron chi connectivity index (χ3n) is 5.00. The average Bonchev–Trinajstić information content (AvgIpc) is 2.80. The molecule has 2 N–H and O–H groups in total. The minimum atomic E-state index is 0.132. The van der Waals surface area contributed by atoms with Crippen molar-refractivity contribution in [3.8, 4) is 0 Å². The van der Waals surface area contributed by atoms with E-state index in [1.165, 1.54) is 5.56 Å². The van der Waals surface area contributed by atoms with Crippen LogP contribution in [0.3, 0.4) is 0 Å². The second kappa shape index (κ2) is 12.1. The Kier molecular flexibility index (Phi) is 8.90. The van der Waals surface area contributed by atoms with Gasteiger partial charge in [0.2, 0.25) is 11.9 Å². The molecule has 0 spiro atoms. The number of aliphatic imine (C=N–C) groups is 1. The second-order valence-electron chi connectivity index (χ2n) is 7.23. The van der Waals surface area contributed by atoms with E-state index in [0.717, 1.165) is 49.5 Å². The van der Waals surface area contributed by atoms with Crippen LogP contribution in [0, 0.1) is 0 Å². The zero-order valence-electron chi connectivity index (χ0n) is 17.9. The van der Waals surface area contributed by atoms with Crippen LogP contribution in [0.5, 0.6) is 0 Å². The summed E-state index contributed by atoms with van der Waals surface area (Å²) < 4.78 is 0. The number of aromatic nitrogens is 2. The number of hydrogen-bond acceptors (Lipinski definition) is 5. The summed E-state index contributed by atoms with van der Waals surface area (Å²) in [6, 6.07) is 9.65. The molecule has 3 rings (SSSR count). The van der Waals surface area contributed by atoms with Gasteiger partial charge in [-0.2, -0.15) is 0 Å². The normalized spacial score (nSPS) is 14.5. The lowest BCUT2D eigenvalue weighted by Gasteiger charge is -2.34. The Bertz CT molecular complexity index is 854. The maximum absolute atomic E-state index is 12.6. The van der Waals surface area contributed by atoms with Gasteiger partial charge in [0.1, 0.15) is 0 Å². The van der Waals surface area contributed by atoms with Crippen LogP contribution in [0.2, 0.25) is 5.02 Å². The second-order valence-corrected chi connectivity index (χ2v) is 7.67. The van der Waals surface area contributed by atoms with E-state index >= 15 is 0 Å². The van der Waals surface area contributed by atoms with Crippen molar-refractivity contribution in [3.05, 3.63) is 53.3 Å². The molecule has 0 bridgehead atoms. The van der Waals surface area contributed by atoms with Crippen molar-refractivity contribution < 1.29 is 4.79 Å². The van der Waals surface area contributed by atoms with Gasteiger partial charge in [0.15, 0.2) is 5.96 Å². The molecular weight excluding hydrogens is 414 g/mol. The van der Waals surface area contributed by atoms with Crippen LogP contribution in [0.4, 0.5) is 5.95 Å². The van der Waals surface area contributed by atoms with E-state index in [-0.39, 0.29) is 5.91 Å². The zero-order valence-corrected chi connectivity index (χ0v) is 18.7. The van der Waals surface area contributed by atoms with Crippen molar-refractivity contribution in [1.29, 1.82) is 0 Å². The van der Waals surface area contributed by atoms with Gasteiger partial charge in [-0.3, -0.25) is 9.79 Å². The third kappa shape index (κ3) is 7.40. The van der Waals surface area contributed by atoms with Crippen molar-refractivity contribution in [2.75, 3.05) is 50.7 Å². The van der Waals surface area contributed by atoms with Gasteiger partial charge in [0.05, 0.1) is 6.54 Å². The Labute approximate surface area is 188 Å². The summed E-state index contributed by atoms with van der Waals surface area (Å²) in [5.41, 5.74) is 1.17. The van der Waals surface area contributed by atoms with E-state index in [0.29, 0.717) is 26.1 Å². The van der Waals surface area contributed by atoms with Crippen molar-refractivity contribution in [2.45, 2.75) is 19.8 Å². The van der Waals surface area contributed by atoms with Gasteiger partial charge in [-0.15, -0.1) is 0 Å². The van der Waals surface area contributed by atoms with Crippen LogP contribution >= 0.6 is 11.6 Å². The molecule has 1 amide bonds. The highest BCUT2D eigenvalue weighted by Gasteiger charge is 2.22. The molecule has 2 aromatic rings. The first-order valence-corrected chi connectivity index (χ1v) is 11.1. The fourth-order valence-corrected chi connectivity index (χ4v) is 3.60. The minimum absolute atomic E-state index is 0.132. The first-order chi connectivity index (χ1) is 15.2. The van der Waals surface area contributed by atoms with Crippen molar-refractivity contribution in [3.63, 3.8) is 0 Å². The molecule has 1 saturated heterocycles. The van der Waals surface area contributed by atoms with E-state index in [9.17, 15) is 4.79 Å². The number of anilines is 1. The molecule has 1 aromatic heterocycles. The minimum Gasteiger partial charge on any atom is -0.357 e. The fraction of sp³-hybridized carbons (Fsp3) is 0.455. The summed E-state index contributed by atoms with van der Waals surface area (Å²) in [6.45, 7) is 6.82. The van der Waals surface area contributed by atoms with Gasteiger partial charge in [-0.05, 0) is 37.1 Å². The van der Waals surface area contributed by atoms with Crippen LogP contribution in [-0.4, -0.2) is 72.5 Å². The molecule has 166 valence electrons. The number of carbonyl (C=O) groups excluding carboxylic acids is 1. The van der Waals surface area contributed by atoms with Gasteiger partial charge >= 0.3 is 0 Å². The molecular formula is C22H30ClN7O. The number of hydrogen-bond donors (Lipinski definition) is 2. The Balaban J connectivity index is 1.40. The molecule has 9 heteroatoms. The molecule has 1 fully saturated rings. The molecule has 1 aliphatic rings. The summed E-state index contributed by atoms with van der Waals surface area (Å²) in [4.78, 5) is 29.7. The van der Waals surface area contributed by atoms with E-state index in [1.54, 1.807) is 18.5 Å². The van der Waals surface area contributed by atoms with Crippen LogP contribution in [0.1, 0.15) is 18.9 Å². The van der Waals surface area contributed by atoms with Crippen molar-refractivity contribution >= 4 is 29.4 Å². The van der Waals surface area contributed by atoms with Gasteiger partial charge in [-0.1, -0.05) is 23.7 Å². The maximum atomic E-state index is 12.6. The molecule has 2 heterocycles. The third-order valence-corrected chi connectivity index (χ3v) is 5.24. The van der Waals surface area contributed by atoms with Crippen molar-refractivity contribution in [1.82, 2.24) is 25.5 Å². The summed E-state index contributed by atoms with van der Waals surface area (Å²) in [5.74, 6) is 1.58. The van der Waals surface area contributed by atoms with Crippen LogP contribution in [-0.2, 0) is 11.2 Å². The predicted octanol–water partition coefficient (Wildman–Crippen LogP) is 1.97. The number of carbonyl (C=O) groups is 1. The summed E-state index contributed by atoms with van der Waals surface area (Å²) >= 11 is 6.04. The zero-order chi connectivity index (χ0) is 21.9. The molecule has 1 aliphatic heterocycles. The number of nitrogens with one attached hydrogen (secondary N) is 2. The van der Waals surface area contributed by atoms with E-state index in [2.05, 4.69) is 36.6 Å². The van der Waals surface area contributed by atoms with Gasteiger partial charge in [-0.25, -0.2) is 9.97 Å². The van der Waals surface area contributed by atoms with Crippen LogP contribution < -0.4 is 15.5 Å². The monoisotopic (exact) mass is 443 g/mol.